The van der Waals surface area contributed by atoms with E-state index in [1.165, 1.54) is 24.0 Å². The summed E-state index contributed by atoms with van der Waals surface area (Å²) in [7, 11) is 1.78. The average Bonchev–Trinajstić information content (AvgIpc) is 2.37. The van der Waals surface area contributed by atoms with Crippen LogP contribution in [0.1, 0.15) is 40.5 Å². The zero-order valence-electron chi connectivity index (χ0n) is 12.5. The molecule has 0 aliphatic heterocycles. The van der Waals surface area contributed by atoms with Crippen molar-refractivity contribution < 1.29 is 0 Å². The van der Waals surface area contributed by atoms with E-state index in [2.05, 4.69) is 63.1 Å². The van der Waals surface area contributed by atoms with Gasteiger partial charge in [-0.3, -0.25) is 4.99 Å². The molecule has 0 rings (SSSR count). The first kappa shape index (κ1) is 16.6. The molecule has 0 spiro atoms. The Morgan fingerprint density at radius 1 is 1.00 bits per heavy atom. The van der Waals surface area contributed by atoms with Crippen molar-refractivity contribution in [1.29, 1.82) is 0 Å². The summed E-state index contributed by atoms with van der Waals surface area (Å²) in [6.45, 7) is 8.68. The van der Waals surface area contributed by atoms with Crippen LogP contribution in [0.2, 0.25) is 0 Å². The minimum absolute atomic E-state index is 0.708. The fourth-order valence-electron chi connectivity index (χ4n) is 1.50. The Hall–Kier alpha value is -1.37. The molecular weight excluding hydrogens is 218 g/mol. The first-order valence-corrected chi connectivity index (χ1v) is 6.76. The Bertz CT molecular complexity index is 350. The first-order valence-electron chi connectivity index (χ1n) is 6.76. The molecule has 0 fully saturated rings. The number of rotatable bonds is 7. The van der Waals surface area contributed by atoms with Crippen molar-refractivity contribution in [1.82, 2.24) is 0 Å². The fourth-order valence-corrected chi connectivity index (χ4v) is 1.50. The monoisotopic (exact) mass is 245 g/mol. The van der Waals surface area contributed by atoms with Crippen LogP contribution in [-0.4, -0.2) is 13.3 Å². The molecule has 0 atom stereocenters. The Kier molecular flexibility index (Phi) is 9.94. The van der Waals surface area contributed by atoms with Gasteiger partial charge in [0.1, 0.15) is 0 Å². The van der Waals surface area contributed by atoms with Crippen LogP contribution in [0.4, 0.5) is 0 Å². The van der Waals surface area contributed by atoms with Crippen LogP contribution < -0.4 is 0 Å². The zero-order chi connectivity index (χ0) is 13.8. The molecule has 0 aliphatic carbocycles. The predicted molar refractivity (Wildman–Crippen MR) is 84.3 cm³/mol. The Morgan fingerprint density at radius 3 is 2.17 bits per heavy atom. The van der Waals surface area contributed by atoms with Gasteiger partial charge in [-0.05, 0) is 44.3 Å². The maximum absolute atomic E-state index is 3.92. The summed E-state index contributed by atoms with van der Waals surface area (Å²) in [5, 5.41) is 0. The van der Waals surface area contributed by atoms with Gasteiger partial charge in [0.25, 0.3) is 0 Å². The van der Waals surface area contributed by atoms with Gasteiger partial charge in [-0.15, -0.1) is 0 Å². The van der Waals surface area contributed by atoms with Gasteiger partial charge in [-0.1, -0.05) is 49.8 Å². The van der Waals surface area contributed by atoms with Crippen LogP contribution in [0.25, 0.3) is 0 Å². The highest BCUT2D eigenvalue weighted by atomic mass is 14.6. The van der Waals surface area contributed by atoms with Gasteiger partial charge in [0.2, 0.25) is 0 Å². The summed E-state index contributed by atoms with van der Waals surface area (Å²) in [6.07, 6.45) is 17.1. The summed E-state index contributed by atoms with van der Waals surface area (Å²) in [4.78, 5) is 3.92. The van der Waals surface area contributed by atoms with E-state index in [9.17, 15) is 0 Å². The molecule has 0 aromatic carbocycles. The van der Waals surface area contributed by atoms with E-state index >= 15 is 0 Å². The van der Waals surface area contributed by atoms with Crippen molar-refractivity contribution in [3.63, 3.8) is 0 Å². The average molecular weight is 245 g/mol. The van der Waals surface area contributed by atoms with Crippen LogP contribution in [0.5, 0.6) is 0 Å². The van der Waals surface area contributed by atoms with Crippen LogP contribution in [0.15, 0.2) is 52.6 Å². The Balaban J connectivity index is 4.39. The van der Waals surface area contributed by atoms with Crippen molar-refractivity contribution in [2.75, 3.05) is 7.05 Å². The fraction of sp³-hybridized carbons (Fsp3) is 0.471. The third kappa shape index (κ3) is 8.74. The van der Waals surface area contributed by atoms with Crippen molar-refractivity contribution in [3.05, 3.63) is 47.6 Å². The third-order valence-corrected chi connectivity index (χ3v) is 2.88. The quantitative estimate of drug-likeness (QED) is 0.435. The van der Waals surface area contributed by atoms with Crippen LogP contribution in [-0.2, 0) is 0 Å². The molecular formula is C17H27N. The molecule has 1 nitrogen and oxygen atoms in total. The third-order valence-electron chi connectivity index (χ3n) is 2.88. The maximum atomic E-state index is 3.92. The van der Waals surface area contributed by atoms with E-state index in [1.54, 1.807) is 7.05 Å². The van der Waals surface area contributed by atoms with Crippen molar-refractivity contribution in [2.45, 2.75) is 40.5 Å². The van der Waals surface area contributed by atoms with E-state index in [0.29, 0.717) is 5.92 Å². The maximum Gasteiger partial charge on any atom is 0.0277 e. The largest absolute Gasteiger partial charge is 0.297 e. The summed E-state index contributed by atoms with van der Waals surface area (Å²) >= 11 is 0. The topological polar surface area (TPSA) is 12.4 Å². The number of nitrogens with zero attached hydrogens (tertiary/aromatic N) is 1. The van der Waals surface area contributed by atoms with Gasteiger partial charge in [-0.25, -0.2) is 0 Å². The van der Waals surface area contributed by atoms with Gasteiger partial charge < -0.3 is 0 Å². The molecule has 0 amide bonds. The van der Waals surface area contributed by atoms with Gasteiger partial charge >= 0.3 is 0 Å². The second-order valence-corrected chi connectivity index (χ2v) is 4.52. The minimum Gasteiger partial charge on any atom is -0.297 e. The Labute approximate surface area is 113 Å². The summed E-state index contributed by atoms with van der Waals surface area (Å²) < 4.78 is 0. The molecule has 0 aliphatic rings. The highest BCUT2D eigenvalue weighted by Gasteiger charge is 1.95. The van der Waals surface area contributed by atoms with Gasteiger partial charge in [0, 0.05) is 13.3 Å². The molecule has 0 aromatic heterocycles. The molecule has 1 heteroatoms. The normalized spacial score (nSPS) is 14.8. The highest BCUT2D eigenvalue weighted by molar-refractivity contribution is 5.72. The van der Waals surface area contributed by atoms with Crippen molar-refractivity contribution in [3.8, 4) is 0 Å². The minimum atomic E-state index is 0.708. The Morgan fingerprint density at radius 2 is 1.61 bits per heavy atom. The van der Waals surface area contributed by atoms with Crippen LogP contribution >= 0.6 is 0 Å². The number of hydrogen-bond acceptors (Lipinski definition) is 1. The number of aliphatic imine (C=N–C) groups is 1. The number of hydrogen-bond donors (Lipinski definition) is 0. The molecule has 0 saturated heterocycles. The van der Waals surface area contributed by atoms with E-state index < -0.39 is 0 Å². The van der Waals surface area contributed by atoms with E-state index in [-0.39, 0.29) is 0 Å². The molecule has 100 valence electrons. The molecule has 0 radical (unpaired) electrons. The standard InChI is InChI=1S/C17H27N/c1-6-17(7-2)12-11-15(3)9-8-10-16(4)13-14-18-5/h8-14,17H,6-7H2,1-5H3/b10-8+,12-11+,15-9+,16-13+,18-14?. The second-order valence-electron chi connectivity index (χ2n) is 4.52. The van der Waals surface area contributed by atoms with E-state index in [4.69, 9.17) is 0 Å². The molecule has 0 N–H and O–H groups in total. The first-order chi connectivity index (χ1) is 8.63. The van der Waals surface area contributed by atoms with Crippen molar-refractivity contribution >= 4 is 6.21 Å². The SMILES string of the molecule is CCC(/C=C/C(C)=C/C=C/C(C)=C/C=NC)CC. The summed E-state index contributed by atoms with van der Waals surface area (Å²) in [5.41, 5.74) is 2.49. The lowest BCUT2D eigenvalue weighted by molar-refractivity contribution is 0.606. The van der Waals surface area contributed by atoms with Crippen LogP contribution in [0, 0.1) is 5.92 Å². The lowest BCUT2D eigenvalue weighted by Gasteiger charge is -2.04. The molecule has 0 aromatic rings. The van der Waals surface area contributed by atoms with Gasteiger partial charge in [-0.2, -0.15) is 0 Å². The van der Waals surface area contributed by atoms with Gasteiger partial charge in [0.05, 0.1) is 0 Å². The summed E-state index contributed by atoms with van der Waals surface area (Å²) in [5.74, 6) is 0.708. The predicted octanol–water partition coefficient (Wildman–Crippen LogP) is 5.13. The van der Waals surface area contributed by atoms with Crippen LogP contribution in [0.3, 0.4) is 0 Å². The van der Waals surface area contributed by atoms with E-state index in [0.717, 1.165) is 0 Å². The lowest BCUT2D eigenvalue weighted by atomic mass is 10.0. The zero-order valence-corrected chi connectivity index (χ0v) is 12.5. The molecule has 0 unspecified atom stereocenters. The molecule has 0 saturated carbocycles. The highest BCUT2D eigenvalue weighted by Crippen LogP contribution is 2.10. The molecule has 18 heavy (non-hydrogen) atoms. The molecule has 0 bridgehead atoms. The second kappa shape index (κ2) is 10.8. The van der Waals surface area contributed by atoms with Gasteiger partial charge in [0.15, 0.2) is 0 Å². The van der Waals surface area contributed by atoms with Crippen molar-refractivity contribution in [2.24, 2.45) is 10.9 Å². The lowest BCUT2D eigenvalue weighted by Crippen LogP contribution is -1.90. The molecule has 0 heterocycles. The van der Waals surface area contributed by atoms with E-state index in [1.807, 2.05) is 12.3 Å². The smallest absolute Gasteiger partial charge is 0.0277 e. The number of allylic oxidation sites excluding steroid dienone is 8. The summed E-state index contributed by atoms with van der Waals surface area (Å²) in [6, 6.07) is 0.